The molecule has 2 heterocycles. The molecule has 0 bridgehead atoms. The van der Waals surface area contributed by atoms with E-state index in [9.17, 15) is 4.79 Å². The predicted molar refractivity (Wildman–Crippen MR) is 69.3 cm³/mol. The highest BCUT2D eigenvalue weighted by Gasteiger charge is 2.14. The summed E-state index contributed by atoms with van der Waals surface area (Å²) in [5.41, 5.74) is 2.34. The average Bonchev–Trinajstić information content (AvgIpc) is 2.72. The van der Waals surface area contributed by atoms with Crippen LogP contribution in [0.25, 0.3) is 11.3 Å². The van der Waals surface area contributed by atoms with Crippen LogP contribution in [0.1, 0.15) is 23.1 Å². The van der Waals surface area contributed by atoms with Crippen LogP contribution in [0.2, 0.25) is 0 Å². The molecule has 0 atom stereocenters. The molecule has 100 valence electrons. The van der Waals surface area contributed by atoms with Crippen LogP contribution in [-0.2, 0) is 7.05 Å². The molecule has 6 nitrogen and oxygen atoms in total. The van der Waals surface area contributed by atoms with Crippen LogP contribution < -0.4 is 4.74 Å². The Balaban J connectivity index is 2.44. The molecule has 2 rings (SSSR count). The van der Waals surface area contributed by atoms with Gasteiger partial charge in [0, 0.05) is 18.7 Å². The van der Waals surface area contributed by atoms with Gasteiger partial charge in [0.1, 0.15) is 0 Å². The number of rotatable bonds is 4. The molecule has 0 aliphatic carbocycles. The third kappa shape index (κ3) is 2.57. The molecular weight excluding hydrogens is 246 g/mol. The van der Waals surface area contributed by atoms with E-state index in [1.54, 1.807) is 13.1 Å². The smallest absolute Gasteiger partial charge is 0.356 e. The summed E-state index contributed by atoms with van der Waals surface area (Å²) in [7, 11) is 1.71. The van der Waals surface area contributed by atoms with Crippen molar-refractivity contribution in [2.75, 3.05) is 6.61 Å². The maximum atomic E-state index is 10.9. The molecule has 2 aromatic heterocycles. The fraction of sp³-hybridized carbons (Fsp3) is 0.308. The number of hydrogen-bond donors (Lipinski definition) is 1. The van der Waals surface area contributed by atoms with Crippen molar-refractivity contribution in [1.82, 2.24) is 14.8 Å². The summed E-state index contributed by atoms with van der Waals surface area (Å²) >= 11 is 0. The van der Waals surface area contributed by atoms with E-state index >= 15 is 0 Å². The van der Waals surface area contributed by atoms with Crippen LogP contribution in [0, 0.1) is 6.92 Å². The van der Waals surface area contributed by atoms with E-state index in [0.717, 1.165) is 11.3 Å². The Morgan fingerprint density at radius 3 is 2.74 bits per heavy atom. The van der Waals surface area contributed by atoms with Gasteiger partial charge >= 0.3 is 5.97 Å². The third-order valence-corrected chi connectivity index (χ3v) is 2.73. The van der Waals surface area contributed by atoms with Crippen molar-refractivity contribution >= 4 is 5.97 Å². The van der Waals surface area contributed by atoms with E-state index in [2.05, 4.69) is 10.1 Å². The number of carboxylic acids is 1. The van der Waals surface area contributed by atoms with Crippen LogP contribution in [0.5, 0.6) is 5.88 Å². The Morgan fingerprint density at radius 2 is 2.21 bits per heavy atom. The Morgan fingerprint density at radius 1 is 1.47 bits per heavy atom. The minimum absolute atomic E-state index is 0.0192. The van der Waals surface area contributed by atoms with Crippen LogP contribution in [0.4, 0.5) is 0 Å². The lowest BCUT2D eigenvalue weighted by Crippen LogP contribution is -2.00. The maximum Gasteiger partial charge on any atom is 0.356 e. The molecule has 0 aliphatic rings. The zero-order valence-electron chi connectivity index (χ0n) is 11.0. The number of carboxylic acid groups (broad SMARTS) is 1. The zero-order valence-corrected chi connectivity index (χ0v) is 11.0. The Kier molecular flexibility index (Phi) is 3.50. The highest BCUT2D eigenvalue weighted by atomic mass is 16.5. The first-order valence-corrected chi connectivity index (χ1v) is 5.91. The number of carbonyl (C=O) groups is 1. The normalized spacial score (nSPS) is 10.5. The van der Waals surface area contributed by atoms with Crippen molar-refractivity contribution in [3.05, 3.63) is 29.6 Å². The van der Waals surface area contributed by atoms with Gasteiger partial charge in [-0.05, 0) is 26.0 Å². The number of hydrogen-bond acceptors (Lipinski definition) is 4. The van der Waals surface area contributed by atoms with E-state index in [4.69, 9.17) is 9.84 Å². The highest BCUT2D eigenvalue weighted by molar-refractivity contribution is 5.87. The summed E-state index contributed by atoms with van der Waals surface area (Å²) < 4.78 is 6.86. The van der Waals surface area contributed by atoms with Crippen molar-refractivity contribution in [2.24, 2.45) is 7.05 Å². The Bertz CT molecular complexity index is 620. The summed E-state index contributed by atoms with van der Waals surface area (Å²) in [4.78, 5) is 15.2. The fourth-order valence-electron chi connectivity index (χ4n) is 1.86. The van der Waals surface area contributed by atoms with E-state index in [-0.39, 0.29) is 5.69 Å². The van der Waals surface area contributed by atoms with Crippen molar-refractivity contribution in [1.29, 1.82) is 0 Å². The number of pyridine rings is 1. The molecule has 0 aromatic carbocycles. The Hall–Kier alpha value is -2.37. The SMILES string of the molecule is CCOc1ccc(-c2cc(C(=O)O)nn2C)c(C)n1. The molecule has 2 aromatic rings. The van der Waals surface area contributed by atoms with Crippen LogP contribution >= 0.6 is 0 Å². The molecule has 0 unspecified atom stereocenters. The number of ether oxygens (including phenoxy) is 1. The van der Waals surface area contributed by atoms with Gasteiger partial charge in [0.05, 0.1) is 18.0 Å². The molecule has 0 fully saturated rings. The summed E-state index contributed by atoms with van der Waals surface area (Å²) in [5.74, 6) is -0.484. The summed E-state index contributed by atoms with van der Waals surface area (Å²) in [6.07, 6.45) is 0. The van der Waals surface area contributed by atoms with E-state index in [1.807, 2.05) is 19.9 Å². The lowest BCUT2D eigenvalue weighted by atomic mass is 10.1. The van der Waals surface area contributed by atoms with Gasteiger partial charge in [-0.2, -0.15) is 5.10 Å². The van der Waals surface area contributed by atoms with Gasteiger partial charge in [0.15, 0.2) is 5.69 Å². The molecular formula is C13H15N3O3. The van der Waals surface area contributed by atoms with Crippen LogP contribution in [0.3, 0.4) is 0 Å². The van der Waals surface area contributed by atoms with Gasteiger partial charge in [-0.25, -0.2) is 9.78 Å². The summed E-state index contributed by atoms with van der Waals surface area (Å²) in [5, 5.41) is 12.9. The molecule has 0 amide bonds. The second kappa shape index (κ2) is 5.09. The first-order chi connectivity index (χ1) is 9.02. The first kappa shape index (κ1) is 13.1. The standard InChI is InChI=1S/C13H15N3O3/c1-4-19-12-6-5-9(8(2)14-12)11-7-10(13(17)18)15-16(11)3/h5-7H,4H2,1-3H3,(H,17,18). The van der Waals surface area contributed by atoms with E-state index in [1.165, 1.54) is 10.7 Å². The van der Waals surface area contributed by atoms with E-state index in [0.29, 0.717) is 18.2 Å². The number of aryl methyl sites for hydroxylation is 2. The Labute approximate surface area is 110 Å². The van der Waals surface area contributed by atoms with Crippen molar-refractivity contribution in [2.45, 2.75) is 13.8 Å². The molecule has 0 saturated heterocycles. The molecule has 19 heavy (non-hydrogen) atoms. The average molecular weight is 261 g/mol. The highest BCUT2D eigenvalue weighted by Crippen LogP contribution is 2.24. The van der Waals surface area contributed by atoms with Gasteiger partial charge in [0.2, 0.25) is 5.88 Å². The second-order valence-corrected chi connectivity index (χ2v) is 4.06. The van der Waals surface area contributed by atoms with Gasteiger partial charge in [-0.15, -0.1) is 0 Å². The lowest BCUT2D eigenvalue weighted by Gasteiger charge is -2.08. The molecule has 0 spiro atoms. The minimum atomic E-state index is -1.04. The quantitative estimate of drug-likeness (QED) is 0.909. The minimum Gasteiger partial charge on any atom is -0.478 e. The van der Waals surface area contributed by atoms with Crippen molar-refractivity contribution in [3.63, 3.8) is 0 Å². The van der Waals surface area contributed by atoms with E-state index < -0.39 is 5.97 Å². The zero-order chi connectivity index (χ0) is 14.0. The number of aromatic carboxylic acids is 1. The molecule has 6 heteroatoms. The monoisotopic (exact) mass is 261 g/mol. The molecule has 0 saturated carbocycles. The maximum absolute atomic E-state index is 10.9. The first-order valence-electron chi connectivity index (χ1n) is 5.91. The predicted octanol–water partition coefficient (Wildman–Crippen LogP) is 1.89. The second-order valence-electron chi connectivity index (χ2n) is 4.06. The molecule has 0 radical (unpaired) electrons. The summed E-state index contributed by atoms with van der Waals surface area (Å²) in [6.45, 7) is 4.30. The molecule has 0 aliphatic heterocycles. The van der Waals surface area contributed by atoms with Gasteiger partial charge < -0.3 is 9.84 Å². The fourth-order valence-corrected chi connectivity index (χ4v) is 1.86. The van der Waals surface area contributed by atoms with Crippen LogP contribution in [-0.4, -0.2) is 32.4 Å². The largest absolute Gasteiger partial charge is 0.478 e. The number of nitrogens with zero attached hydrogens (tertiary/aromatic N) is 3. The molecule has 1 N–H and O–H groups in total. The lowest BCUT2D eigenvalue weighted by molar-refractivity contribution is 0.0689. The van der Waals surface area contributed by atoms with Gasteiger partial charge in [-0.3, -0.25) is 4.68 Å². The van der Waals surface area contributed by atoms with Crippen molar-refractivity contribution < 1.29 is 14.6 Å². The van der Waals surface area contributed by atoms with Gasteiger partial charge in [0.25, 0.3) is 0 Å². The third-order valence-electron chi connectivity index (χ3n) is 2.73. The van der Waals surface area contributed by atoms with Gasteiger partial charge in [-0.1, -0.05) is 0 Å². The van der Waals surface area contributed by atoms with Crippen molar-refractivity contribution in [3.8, 4) is 17.1 Å². The number of aromatic nitrogens is 3. The summed E-state index contributed by atoms with van der Waals surface area (Å²) in [6, 6.07) is 5.15. The van der Waals surface area contributed by atoms with Crippen LogP contribution in [0.15, 0.2) is 18.2 Å². The topological polar surface area (TPSA) is 77.2 Å².